The lowest BCUT2D eigenvalue weighted by atomic mass is 10.0. The van der Waals surface area contributed by atoms with Crippen molar-refractivity contribution in [1.29, 1.82) is 0 Å². The molecule has 1 atom stereocenters. The fraction of sp³-hybridized carbons (Fsp3) is 0.308. The molecule has 78 valence electrons. The SMILES string of the molecule is C#CCC(=O)C(OCC)c1ccccc1. The molecule has 1 aromatic carbocycles. The van der Waals surface area contributed by atoms with Crippen LogP contribution >= 0.6 is 0 Å². The van der Waals surface area contributed by atoms with Crippen LogP contribution in [-0.4, -0.2) is 12.4 Å². The number of hydrogen-bond acceptors (Lipinski definition) is 2. The molecule has 1 unspecified atom stereocenters. The topological polar surface area (TPSA) is 26.3 Å². The molecular formula is C13H14O2. The molecule has 15 heavy (non-hydrogen) atoms. The van der Waals surface area contributed by atoms with Crippen LogP contribution < -0.4 is 0 Å². The fourth-order valence-electron chi connectivity index (χ4n) is 1.36. The molecule has 0 amide bonds. The Morgan fingerprint density at radius 3 is 2.67 bits per heavy atom. The highest BCUT2D eigenvalue weighted by molar-refractivity contribution is 5.86. The molecule has 0 saturated heterocycles. The average Bonchev–Trinajstić information content (AvgIpc) is 2.27. The lowest BCUT2D eigenvalue weighted by molar-refractivity contribution is -0.129. The van der Waals surface area contributed by atoms with Gasteiger partial charge in [0.05, 0.1) is 6.42 Å². The van der Waals surface area contributed by atoms with Crippen LogP contribution in [0.2, 0.25) is 0 Å². The van der Waals surface area contributed by atoms with Gasteiger partial charge in [-0.2, -0.15) is 0 Å². The highest BCUT2D eigenvalue weighted by Gasteiger charge is 2.19. The molecule has 1 aromatic rings. The monoisotopic (exact) mass is 202 g/mol. The summed E-state index contributed by atoms with van der Waals surface area (Å²) in [4.78, 5) is 11.7. The van der Waals surface area contributed by atoms with Gasteiger partial charge in [0.1, 0.15) is 6.10 Å². The van der Waals surface area contributed by atoms with Crippen molar-refractivity contribution in [3.63, 3.8) is 0 Å². The van der Waals surface area contributed by atoms with Gasteiger partial charge in [0.25, 0.3) is 0 Å². The Labute approximate surface area is 90.3 Å². The summed E-state index contributed by atoms with van der Waals surface area (Å²) in [5.74, 6) is 2.28. The summed E-state index contributed by atoms with van der Waals surface area (Å²) in [6.45, 7) is 2.36. The van der Waals surface area contributed by atoms with Gasteiger partial charge in [0, 0.05) is 6.61 Å². The van der Waals surface area contributed by atoms with E-state index >= 15 is 0 Å². The largest absolute Gasteiger partial charge is 0.366 e. The van der Waals surface area contributed by atoms with Crippen molar-refractivity contribution in [2.75, 3.05) is 6.61 Å². The molecule has 0 spiro atoms. The third-order valence-electron chi connectivity index (χ3n) is 2.00. The van der Waals surface area contributed by atoms with E-state index in [0.29, 0.717) is 6.61 Å². The van der Waals surface area contributed by atoms with Gasteiger partial charge in [-0.25, -0.2) is 0 Å². The Morgan fingerprint density at radius 2 is 2.13 bits per heavy atom. The van der Waals surface area contributed by atoms with Crippen molar-refractivity contribution in [2.24, 2.45) is 0 Å². The van der Waals surface area contributed by atoms with Gasteiger partial charge in [-0.1, -0.05) is 36.3 Å². The van der Waals surface area contributed by atoms with Gasteiger partial charge < -0.3 is 4.74 Å². The zero-order valence-electron chi connectivity index (χ0n) is 8.77. The van der Waals surface area contributed by atoms with E-state index in [4.69, 9.17) is 11.2 Å². The van der Waals surface area contributed by atoms with E-state index in [1.54, 1.807) is 0 Å². The van der Waals surface area contributed by atoms with Crippen LogP contribution in [0.1, 0.15) is 25.0 Å². The molecule has 0 aliphatic heterocycles. The summed E-state index contributed by atoms with van der Waals surface area (Å²) in [6.07, 6.45) is 4.70. The molecular weight excluding hydrogens is 188 g/mol. The van der Waals surface area contributed by atoms with Crippen LogP contribution in [0.5, 0.6) is 0 Å². The molecule has 1 rings (SSSR count). The van der Waals surface area contributed by atoms with Crippen LogP contribution in [0.3, 0.4) is 0 Å². The van der Waals surface area contributed by atoms with Crippen LogP contribution in [0.25, 0.3) is 0 Å². The molecule has 0 aliphatic rings. The van der Waals surface area contributed by atoms with Crippen molar-refractivity contribution in [2.45, 2.75) is 19.4 Å². The second-order valence-corrected chi connectivity index (χ2v) is 3.09. The summed E-state index contributed by atoms with van der Waals surface area (Å²) in [6, 6.07) is 9.40. The van der Waals surface area contributed by atoms with Crippen molar-refractivity contribution >= 4 is 5.78 Å². The Bertz CT molecular complexity index is 349. The fourth-order valence-corrected chi connectivity index (χ4v) is 1.36. The highest BCUT2D eigenvalue weighted by Crippen LogP contribution is 2.19. The minimum Gasteiger partial charge on any atom is -0.366 e. The molecule has 0 N–H and O–H groups in total. The summed E-state index contributed by atoms with van der Waals surface area (Å²) >= 11 is 0. The van der Waals surface area contributed by atoms with E-state index in [9.17, 15) is 4.79 Å². The first kappa shape index (κ1) is 11.5. The number of Topliss-reactive ketones (excluding diaryl/α,β-unsaturated/α-hetero) is 1. The van der Waals surface area contributed by atoms with Crippen LogP contribution in [-0.2, 0) is 9.53 Å². The molecule has 0 saturated carbocycles. The summed E-state index contributed by atoms with van der Waals surface area (Å²) in [5.41, 5.74) is 0.861. The maximum absolute atomic E-state index is 11.7. The molecule has 2 nitrogen and oxygen atoms in total. The number of carbonyl (C=O) groups excluding carboxylic acids is 1. The number of carbonyl (C=O) groups is 1. The normalized spacial score (nSPS) is 11.7. The number of rotatable bonds is 5. The summed E-state index contributed by atoms with van der Waals surface area (Å²) < 4.78 is 5.40. The third kappa shape index (κ3) is 3.23. The van der Waals surface area contributed by atoms with Crippen molar-refractivity contribution in [3.8, 4) is 12.3 Å². The molecule has 0 aromatic heterocycles. The molecule has 0 heterocycles. The Kier molecular flexibility index (Phi) is 4.59. The molecule has 0 bridgehead atoms. The van der Waals surface area contributed by atoms with E-state index < -0.39 is 6.10 Å². The van der Waals surface area contributed by atoms with Gasteiger partial charge >= 0.3 is 0 Å². The van der Waals surface area contributed by atoms with Crippen LogP contribution in [0, 0.1) is 12.3 Å². The zero-order chi connectivity index (χ0) is 11.1. The van der Waals surface area contributed by atoms with Gasteiger partial charge in [-0.05, 0) is 12.5 Å². The quantitative estimate of drug-likeness (QED) is 0.685. The number of ether oxygens (including phenoxy) is 1. The lowest BCUT2D eigenvalue weighted by Crippen LogP contribution is -2.15. The van der Waals surface area contributed by atoms with Gasteiger partial charge in [0.2, 0.25) is 0 Å². The van der Waals surface area contributed by atoms with Crippen LogP contribution in [0.15, 0.2) is 30.3 Å². The van der Waals surface area contributed by atoms with E-state index in [1.807, 2.05) is 37.3 Å². The molecule has 0 aliphatic carbocycles. The maximum atomic E-state index is 11.7. The van der Waals surface area contributed by atoms with Crippen molar-refractivity contribution < 1.29 is 9.53 Å². The second-order valence-electron chi connectivity index (χ2n) is 3.09. The maximum Gasteiger partial charge on any atom is 0.177 e. The average molecular weight is 202 g/mol. The van der Waals surface area contributed by atoms with E-state index in [0.717, 1.165) is 5.56 Å². The predicted molar refractivity (Wildman–Crippen MR) is 59.3 cm³/mol. The first-order valence-corrected chi connectivity index (χ1v) is 4.92. The molecule has 0 radical (unpaired) electrons. The number of ketones is 1. The van der Waals surface area contributed by atoms with E-state index in [2.05, 4.69) is 5.92 Å². The van der Waals surface area contributed by atoms with E-state index in [-0.39, 0.29) is 12.2 Å². The highest BCUT2D eigenvalue weighted by atomic mass is 16.5. The van der Waals surface area contributed by atoms with Gasteiger partial charge in [0.15, 0.2) is 5.78 Å². The smallest absolute Gasteiger partial charge is 0.177 e. The Hall–Kier alpha value is -1.59. The van der Waals surface area contributed by atoms with Crippen LogP contribution in [0.4, 0.5) is 0 Å². The number of benzene rings is 1. The zero-order valence-corrected chi connectivity index (χ0v) is 8.77. The summed E-state index contributed by atoms with van der Waals surface area (Å²) in [5, 5.41) is 0. The van der Waals surface area contributed by atoms with Gasteiger partial charge in [-0.15, -0.1) is 6.42 Å². The van der Waals surface area contributed by atoms with Crippen molar-refractivity contribution in [3.05, 3.63) is 35.9 Å². The molecule has 0 fully saturated rings. The first-order valence-electron chi connectivity index (χ1n) is 4.92. The van der Waals surface area contributed by atoms with Crippen molar-refractivity contribution in [1.82, 2.24) is 0 Å². The first-order chi connectivity index (χ1) is 7.29. The predicted octanol–water partition coefficient (Wildman–Crippen LogP) is 2.36. The number of hydrogen-bond donors (Lipinski definition) is 0. The minimum absolute atomic E-state index is 0.0643. The standard InChI is InChI=1S/C13H14O2/c1-3-8-12(14)13(15-4-2)11-9-6-5-7-10-11/h1,5-7,9-10,13H,4,8H2,2H3. The second kappa shape index (κ2) is 6.00. The molecule has 2 heteroatoms. The Balaban J connectivity index is 2.84. The lowest BCUT2D eigenvalue weighted by Gasteiger charge is -2.14. The number of terminal acetylenes is 1. The van der Waals surface area contributed by atoms with Gasteiger partial charge in [-0.3, -0.25) is 4.79 Å². The minimum atomic E-state index is -0.521. The van der Waals surface area contributed by atoms with E-state index in [1.165, 1.54) is 0 Å². The Morgan fingerprint density at radius 1 is 1.47 bits per heavy atom. The third-order valence-corrected chi connectivity index (χ3v) is 2.00. The summed E-state index contributed by atoms with van der Waals surface area (Å²) in [7, 11) is 0.